The van der Waals surface area contributed by atoms with E-state index in [1.165, 1.54) is 0 Å². The number of hydrogen-bond acceptors (Lipinski definition) is 4. The first-order valence-electron chi connectivity index (χ1n) is 4.78. The lowest BCUT2D eigenvalue weighted by Gasteiger charge is -2.09. The minimum absolute atomic E-state index is 0.0285. The molecule has 18 heavy (non-hydrogen) atoms. The quantitative estimate of drug-likeness (QED) is 0.349. The third-order valence-corrected chi connectivity index (χ3v) is 2.41. The number of ketones is 1. The summed E-state index contributed by atoms with van der Waals surface area (Å²) in [6.45, 7) is -3.10. The summed E-state index contributed by atoms with van der Waals surface area (Å²) in [7, 11) is 0. The predicted octanol–water partition coefficient (Wildman–Crippen LogP) is 3.16. The number of Topliss-reactive ketones (excluding diaryl/α,β-unsaturated/α-hetero) is 1. The molecule has 5 nitrogen and oxygen atoms in total. The zero-order valence-corrected chi connectivity index (χ0v) is 10.5. The average molecular weight is 324 g/mol. The first-order chi connectivity index (χ1) is 8.45. The zero-order chi connectivity index (χ0) is 13.7. The number of non-ortho nitro benzene ring substituents is 1. The summed E-state index contributed by atoms with van der Waals surface area (Å²) in [6, 6.07) is 2.93. The highest BCUT2D eigenvalue weighted by atomic mass is 79.9. The van der Waals surface area contributed by atoms with E-state index in [0.29, 0.717) is 5.33 Å². The number of rotatable bonds is 6. The minimum Gasteiger partial charge on any atom is -0.434 e. The van der Waals surface area contributed by atoms with Gasteiger partial charge in [0.1, 0.15) is 5.75 Å². The van der Waals surface area contributed by atoms with Crippen molar-refractivity contribution in [2.75, 3.05) is 5.33 Å². The number of benzene rings is 1. The first-order valence-corrected chi connectivity index (χ1v) is 5.90. The van der Waals surface area contributed by atoms with Gasteiger partial charge in [0.25, 0.3) is 5.69 Å². The molecule has 0 aliphatic heterocycles. The number of nitrogens with zero attached hydrogens (tertiary/aromatic N) is 1. The van der Waals surface area contributed by atoms with Gasteiger partial charge in [0.05, 0.1) is 10.5 Å². The Morgan fingerprint density at radius 2 is 2.17 bits per heavy atom. The van der Waals surface area contributed by atoms with Crippen LogP contribution in [-0.4, -0.2) is 22.6 Å². The van der Waals surface area contributed by atoms with Gasteiger partial charge in [-0.3, -0.25) is 14.9 Å². The van der Waals surface area contributed by atoms with Crippen LogP contribution >= 0.6 is 15.9 Å². The van der Waals surface area contributed by atoms with Crippen LogP contribution in [0.1, 0.15) is 16.8 Å². The van der Waals surface area contributed by atoms with Crippen molar-refractivity contribution in [3.05, 3.63) is 33.9 Å². The number of halogens is 3. The third-order valence-electron chi connectivity index (χ3n) is 2.01. The standard InChI is InChI=1S/C10H8BrF2NO4/c11-4-3-8(15)7-5-6(14(16)17)1-2-9(7)18-10(12)13/h1-2,5,10H,3-4H2. The molecule has 0 aliphatic carbocycles. The smallest absolute Gasteiger partial charge is 0.387 e. The fourth-order valence-corrected chi connectivity index (χ4v) is 1.63. The molecule has 98 valence electrons. The molecule has 0 saturated heterocycles. The molecule has 0 amide bonds. The molecule has 0 fully saturated rings. The second-order valence-corrected chi connectivity index (χ2v) is 3.97. The maximum atomic E-state index is 12.1. The molecule has 0 atom stereocenters. The van der Waals surface area contributed by atoms with Gasteiger partial charge >= 0.3 is 6.61 Å². The van der Waals surface area contributed by atoms with E-state index in [9.17, 15) is 23.7 Å². The lowest BCUT2D eigenvalue weighted by Crippen LogP contribution is -2.09. The Balaban J connectivity index is 3.17. The molecule has 1 aromatic carbocycles. The summed E-state index contributed by atoms with van der Waals surface area (Å²) in [6.07, 6.45) is 0.0285. The fraction of sp³-hybridized carbons (Fsp3) is 0.300. The topological polar surface area (TPSA) is 69.4 Å². The van der Waals surface area contributed by atoms with Crippen LogP contribution in [0.15, 0.2) is 18.2 Å². The van der Waals surface area contributed by atoms with Crippen LogP contribution in [0.5, 0.6) is 5.75 Å². The Bertz CT molecular complexity index is 467. The van der Waals surface area contributed by atoms with E-state index in [1.54, 1.807) is 0 Å². The molecule has 0 saturated carbocycles. The molecule has 0 heterocycles. The van der Waals surface area contributed by atoms with Crippen LogP contribution in [0.3, 0.4) is 0 Å². The molecule has 0 aliphatic rings. The van der Waals surface area contributed by atoms with Crippen molar-refractivity contribution in [2.45, 2.75) is 13.0 Å². The normalized spacial score (nSPS) is 10.4. The summed E-state index contributed by atoms with van der Waals surface area (Å²) in [5.41, 5.74) is -0.571. The summed E-state index contributed by atoms with van der Waals surface area (Å²) in [5.74, 6) is -0.868. The molecule has 0 bridgehead atoms. The molecule has 0 N–H and O–H groups in total. The lowest BCUT2D eigenvalue weighted by molar-refractivity contribution is -0.384. The van der Waals surface area contributed by atoms with Crippen LogP contribution in [0.4, 0.5) is 14.5 Å². The number of nitro benzene ring substituents is 1. The summed E-state index contributed by atoms with van der Waals surface area (Å²) >= 11 is 3.03. The minimum atomic E-state index is -3.10. The number of ether oxygens (including phenoxy) is 1. The summed E-state index contributed by atoms with van der Waals surface area (Å²) in [5, 5.41) is 10.9. The Morgan fingerprint density at radius 3 is 2.67 bits per heavy atom. The Hall–Kier alpha value is -1.57. The van der Waals surface area contributed by atoms with Gasteiger partial charge in [0.2, 0.25) is 0 Å². The third kappa shape index (κ3) is 3.73. The van der Waals surface area contributed by atoms with Crippen LogP contribution in [-0.2, 0) is 0 Å². The van der Waals surface area contributed by atoms with Crippen molar-refractivity contribution < 1.29 is 23.2 Å². The highest BCUT2D eigenvalue weighted by Crippen LogP contribution is 2.27. The number of hydrogen-bond donors (Lipinski definition) is 0. The van der Waals surface area contributed by atoms with E-state index in [1.807, 2.05) is 0 Å². The van der Waals surface area contributed by atoms with Gasteiger partial charge in [-0.2, -0.15) is 8.78 Å². The van der Waals surface area contributed by atoms with E-state index in [0.717, 1.165) is 18.2 Å². The van der Waals surface area contributed by atoms with E-state index in [2.05, 4.69) is 20.7 Å². The molecule has 1 rings (SSSR count). The van der Waals surface area contributed by atoms with Gasteiger partial charge in [0.15, 0.2) is 5.78 Å². The number of nitro groups is 1. The number of carbonyl (C=O) groups excluding carboxylic acids is 1. The molecule has 1 aromatic rings. The van der Waals surface area contributed by atoms with E-state index >= 15 is 0 Å². The number of carbonyl (C=O) groups is 1. The van der Waals surface area contributed by atoms with Gasteiger partial charge in [-0.1, -0.05) is 15.9 Å². The van der Waals surface area contributed by atoms with Gasteiger partial charge in [-0.25, -0.2) is 0 Å². The van der Waals surface area contributed by atoms with Crippen LogP contribution in [0.25, 0.3) is 0 Å². The van der Waals surface area contributed by atoms with Crippen LogP contribution in [0, 0.1) is 10.1 Å². The molecule has 0 spiro atoms. The molecule has 8 heteroatoms. The highest BCUT2D eigenvalue weighted by Gasteiger charge is 2.19. The molecular weight excluding hydrogens is 316 g/mol. The average Bonchev–Trinajstić information content (AvgIpc) is 2.28. The Kier molecular flexibility index (Phi) is 5.14. The Labute approximate surface area is 109 Å². The van der Waals surface area contributed by atoms with E-state index in [-0.39, 0.29) is 23.4 Å². The first kappa shape index (κ1) is 14.5. The summed E-state index contributed by atoms with van der Waals surface area (Å²) < 4.78 is 28.4. The van der Waals surface area contributed by atoms with E-state index in [4.69, 9.17) is 0 Å². The maximum Gasteiger partial charge on any atom is 0.387 e. The molecule has 0 aromatic heterocycles. The summed E-state index contributed by atoms with van der Waals surface area (Å²) in [4.78, 5) is 21.5. The van der Waals surface area contributed by atoms with Gasteiger partial charge < -0.3 is 4.74 Å². The van der Waals surface area contributed by atoms with Crippen molar-refractivity contribution in [3.63, 3.8) is 0 Å². The number of alkyl halides is 3. The monoisotopic (exact) mass is 323 g/mol. The zero-order valence-electron chi connectivity index (χ0n) is 8.94. The maximum absolute atomic E-state index is 12.1. The van der Waals surface area contributed by atoms with Crippen molar-refractivity contribution in [1.29, 1.82) is 0 Å². The molecular formula is C10H8BrF2NO4. The highest BCUT2D eigenvalue weighted by molar-refractivity contribution is 9.09. The molecule has 0 radical (unpaired) electrons. The fourth-order valence-electron chi connectivity index (χ4n) is 1.27. The van der Waals surface area contributed by atoms with Crippen LogP contribution in [0.2, 0.25) is 0 Å². The van der Waals surface area contributed by atoms with Gasteiger partial charge in [-0.05, 0) is 6.07 Å². The van der Waals surface area contributed by atoms with Gasteiger partial charge in [-0.15, -0.1) is 0 Å². The predicted molar refractivity (Wildman–Crippen MR) is 62.5 cm³/mol. The Morgan fingerprint density at radius 1 is 1.50 bits per heavy atom. The van der Waals surface area contributed by atoms with Crippen LogP contribution < -0.4 is 4.74 Å². The molecule has 0 unspecified atom stereocenters. The van der Waals surface area contributed by atoms with Crippen molar-refractivity contribution in [2.24, 2.45) is 0 Å². The second kappa shape index (κ2) is 6.39. The van der Waals surface area contributed by atoms with Crippen molar-refractivity contribution in [3.8, 4) is 5.75 Å². The lowest BCUT2D eigenvalue weighted by atomic mass is 10.1. The van der Waals surface area contributed by atoms with Crippen molar-refractivity contribution in [1.82, 2.24) is 0 Å². The second-order valence-electron chi connectivity index (χ2n) is 3.18. The van der Waals surface area contributed by atoms with Crippen molar-refractivity contribution >= 4 is 27.4 Å². The largest absolute Gasteiger partial charge is 0.434 e. The van der Waals surface area contributed by atoms with E-state index < -0.39 is 17.3 Å². The SMILES string of the molecule is O=C(CCBr)c1cc([N+](=O)[O-])ccc1OC(F)F. The van der Waals surface area contributed by atoms with Gasteiger partial charge in [0, 0.05) is 23.9 Å².